The first-order chi connectivity index (χ1) is 9.00. The number of benzene rings is 1. The molecule has 4 heteroatoms. The Morgan fingerprint density at radius 2 is 2.16 bits per heavy atom. The molecule has 2 unspecified atom stereocenters. The number of carbonyl (C=O) groups is 1. The molecule has 0 spiro atoms. The quantitative estimate of drug-likeness (QED) is 0.865. The van der Waals surface area contributed by atoms with Gasteiger partial charge in [0.05, 0.1) is 5.54 Å². The molecule has 1 heterocycles. The van der Waals surface area contributed by atoms with Crippen LogP contribution in [0.2, 0.25) is 0 Å². The number of rotatable bonds is 4. The Hall–Kier alpha value is -1.39. The molecule has 1 amide bonds. The van der Waals surface area contributed by atoms with Crippen molar-refractivity contribution >= 4 is 5.91 Å². The standard InChI is InChI=1S/C15H22N2O2/c1-14(11-16,12-7-4-3-5-8-12)17-13(18)15(2)9-6-10-19-15/h3-5,7-8H,6,9-11,16H2,1-2H3,(H,17,18). The van der Waals surface area contributed by atoms with Gasteiger partial charge in [0.1, 0.15) is 5.60 Å². The van der Waals surface area contributed by atoms with Gasteiger partial charge in [-0.2, -0.15) is 0 Å². The molecular weight excluding hydrogens is 240 g/mol. The first-order valence-corrected chi connectivity index (χ1v) is 6.72. The fourth-order valence-electron chi connectivity index (χ4n) is 2.39. The van der Waals surface area contributed by atoms with Crippen LogP contribution in [0.4, 0.5) is 0 Å². The van der Waals surface area contributed by atoms with Gasteiger partial charge in [-0.25, -0.2) is 0 Å². The lowest BCUT2D eigenvalue weighted by Gasteiger charge is -2.34. The Morgan fingerprint density at radius 1 is 1.47 bits per heavy atom. The number of amides is 1. The van der Waals surface area contributed by atoms with E-state index in [2.05, 4.69) is 5.32 Å². The van der Waals surface area contributed by atoms with E-state index in [-0.39, 0.29) is 5.91 Å². The van der Waals surface area contributed by atoms with E-state index in [1.807, 2.05) is 44.2 Å². The smallest absolute Gasteiger partial charge is 0.252 e. The van der Waals surface area contributed by atoms with Crippen molar-refractivity contribution in [2.45, 2.75) is 37.8 Å². The van der Waals surface area contributed by atoms with Crippen LogP contribution in [0.15, 0.2) is 30.3 Å². The highest BCUT2D eigenvalue weighted by molar-refractivity contribution is 5.85. The van der Waals surface area contributed by atoms with E-state index in [1.165, 1.54) is 0 Å². The lowest BCUT2D eigenvalue weighted by atomic mass is 9.90. The summed E-state index contributed by atoms with van der Waals surface area (Å²) in [5, 5.41) is 3.05. The minimum atomic E-state index is -0.717. The monoisotopic (exact) mass is 262 g/mol. The number of hydrogen-bond acceptors (Lipinski definition) is 3. The summed E-state index contributed by atoms with van der Waals surface area (Å²) >= 11 is 0. The molecule has 0 radical (unpaired) electrons. The average Bonchev–Trinajstić information content (AvgIpc) is 2.88. The van der Waals surface area contributed by atoms with Gasteiger partial charge in [-0.15, -0.1) is 0 Å². The maximum Gasteiger partial charge on any atom is 0.252 e. The minimum absolute atomic E-state index is 0.0817. The molecule has 3 N–H and O–H groups in total. The van der Waals surface area contributed by atoms with Gasteiger partial charge in [0, 0.05) is 13.2 Å². The molecule has 1 aliphatic heterocycles. The molecule has 1 saturated heterocycles. The van der Waals surface area contributed by atoms with Crippen LogP contribution in [0.1, 0.15) is 32.3 Å². The molecule has 104 valence electrons. The second-order valence-electron chi connectivity index (χ2n) is 5.54. The Labute approximate surface area is 114 Å². The summed E-state index contributed by atoms with van der Waals surface area (Å²) in [5.74, 6) is -0.0817. The number of ether oxygens (including phenoxy) is 1. The van der Waals surface area contributed by atoms with Gasteiger partial charge in [0.25, 0.3) is 5.91 Å². The highest BCUT2D eigenvalue weighted by Crippen LogP contribution is 2.27. The van der Waals surface area contributed by atoms with E-state index in [0.717, 1.165) is 18.4 Å². The third kappa shape index (κ3) is 2.80. The van der Waals surface area contributed by atoms with Crippen LogP contribution in [-0.2, 0) is 15.1 Å². The summed E-state index contributed by atoms with van der Waals surface area (Å²) < 4.78 is 5.58. The summed E-state index contributed by atoms with van der Waals surface area (Å²) in [7, 11) is 0. The van der Waals surface area contributed by atoms with Gasteiger partial charge in [-0.05, 0) is 32.3 Å². The van der Waals surface area contributed by atoms with E-state index in [4.69, 9.17) is 10.5 Å². The second-order valence-corrected chi connectivity index (χ2v) is 5.54. The number of carbonyl (C=O) groups excluding carboxylic acids is 1. The van der Waals surface area contributed by atoms with E-state index in [9.17, 15) is 4.79 Å². The van der Waals surface area contributed by atoms with Crippen molar-refractivity contribution in [1.29, 1.82) is 0 Å². The van der Waals surface area contributed by atoms with Crippen molar-refractivity contribution in [2.24, 2.45) is 5.73 Å². The van der Waals surface area contributed by atoms with Crippen molar-refractivity contribution in [3.8, 4) is 0 Å². The summed E-state index contributed by atoms with van der Waals surface area (Å²) in [6, 6.07) is 9.80. The maximum absolute atomic E-state index is 12.4. The molecule has 4 nitrogen and oxygen atoms in total. The summed E-state index contributed by atoms with van der Waals surface area (Å²) in [6.07, 6.45) is 1.68. The molecule has 1 aromatic carbocycles. The van der Waals surface area contributed by atoms with Crippen LogP contribution < -0.4 is 11.1 Å². The highest BCUT2D eigenvalue weighted by Gasteiger charge is 2.41. The van der Waals surface area contributed by atoms with Crippen LogP contribution in [0.25, 0.3) is 0 Å². The summed E-state index contributed by atoms with van der Waals surface area (Å²) in [6.45, 7) is 4.78. The lowest BCUT2D eigenvalue weighted by Crippen LogP contribution is -2.55. The molecule has 0 aliphatic carbocycles. The summed E-state index contributed by atoms with van der Waals surface area (Å²) in [4.78, 5) is 12.4. The molecule has 19 heavy (non-hydrogen) atoms. The predicted molar refractivity (Wildman–Crippen MR) is 74.6 cm³/mol. The van der Waals surface area contributed by atoms with Gasteiger partial charge in [-0.3, -0.25) is 4.79 Å². The number of nitrogens with two attached hydrogens (primary N) is 1. The van der Waals surface area contributed by atoms with Gasteiger partial charge >= 0.3 is 0 Å². The molecule has 1 aliphatic rings. The number of hydrogen-bond donors (Lipinski definition) is 2. The Morgan fingerprint density at radius 3 is 2.68 bits per heavy atom. The van der Waals surface area contributed by atoms with Crippen molar-refractivity contribution in [3.05, 3.63) is 35.9 Å². The highest BCUT2D eigenvalue weighted by atomic mass is 16.5. The van der Waals surface area contributed by atoms with Crippen molar-refractivity contribution in [2.75, 3.05) is 13.2 Å². The van der Waals surface area contributed by atoms with Crippen LogP contribution in [0, 0.1) is 0 Å². The first kappa shape index (κ1) is 14.0. The van der Waals surface area contributed by atoms with Gasteiger partial charge < -0.3 is 15.8 Å². The van der Waals surface area contributed by atoms with E-state index in [0.29, 0.717) is 13.2 Å². The molecule has 1 aromatic rings. The van der Waals surface area contributed by atoms with Crippen molar-refractivity contribution < 1.29 is 9.53 Å². The lowest BCUT2D eigenvalue weighted by molar-refractivity contribution is -0.141. The zero-order valence-electron chi connectivity index (χ0n) is 11.6. The number of nitrogens with one attached hydrogen (secondary N) is 1. The Balaban J connectivity index is 2.17. The SMILES string of the molecule is CC1(C(=O)NC(C)(CN)c2ccccc2)CCCO1. The molecule has 0 bridgehead atoms. The fourth-order valence-corrected chi connectivity index (χ4v) is 2.39. The van der Waals surface area contributed by atoms with Gasteiger partial charge in [0.2, 0.25) is 0 Å². The molecule has 0 saturated carbocycles. The van der Waals surface area contributed by atoms with E-state index < -0.39 is 11.1 Å². The molecule has 0 aromatic heterocycles. The van der Waals surface area contributed by atoms with Gasteiger partial charge in [0.15, 0.2) is 0 Å². The van der Waals surface area contributed by atoms with Gasteiger partial charge in [-0.1, -0.05) is 30.3 Å². The zero-order chi connectivity index (χ0) is 13.9. The predicted octanol–water partition coefficient (Wildman–Crippen LogP) is 1.55. The first-order valence-electron chi connectivity index (χ1n) is 6.72. The third-order valence-corrected chi connectivity index (χ3v) is 3.91. The van der Waals surface area contributed by atoms with Crippen LogP contribution in [0.5, 0.6) is 0 Å². The van der Waals surface area contributed by atoms with Crippen LogP contribution >= 0.6 is 0 Å². The maximum atomic E-state index is 12.4. The fraction of sp³-hybridized carbons (Fsp3) is 0.533. The summed E-state index contributed by atoms with van der Waals surface area (Å²) in [5.41, 5.74) is 5.60. The van der Waals surface area contributed by atoms with Crippen molar-refractivity contribution in [1.82, 2.24) is 5.32 Å². The van der Waals surface area contributed by atoms with Crippen LogP contribution in [-0.4, -0.2) is 24.7 Å². The molecule has 1 fully saturated rings. The normalized spacial score (nSPS) is 25.8. The minimum Gasteiger partial charge on any atom is -0.365 e. The van der Waals surface area contributed by atoms with E-state index in [1.54, 1.807) is 0 Å². The average molecular weight is 262 g/mol. The third-order valence-electron chi connectivity index (χ3n) is 3.91. The Kier molecular flexibility index (Phi) is 3.92. The van der Waals surface area contributed by atoms with Crippen LogP contribution in [0.3, 0.4) is 0 Å². The molecular formula is C15H22N2O2. The van der Waals surface area contributed by atoms with E-state index >= 15 is 0 Å². The molecule has 2 atom stereocenters. The zero-order valence-corrected chi connectivity index (χ0v) is 11.6. The Bertz CT molecular complexity index is 441. The largest absolute Gasteiger partial charge is 0.365 e. The topological polar surface area (TPSA) is 64.4 Å². The second kappa shape index (κ2) is 5.31. The van der Waals surface area contributed by atoms with Crippen molar-refractivity contribution in [3.63, 3.8) is 0 Å². The molecule has 2 rings (SSSR count).